The number of nitrogens with two attached hydrogens (primary N) is 5. The van der Waals surface area contributed by atoms with Crippen LogP contribution in [0.1, 0.15) is 32.1 Å². The van der Waals surface area contributed by atoms with Gasteiger partial charge in [-0.25, -0.2) is 0 Å². The number of aliphatic hydroxyl groups excluding tert-OH is 6. The third-order valence-corrected chi connectivity index (χ3v) is 9.47. The van der Waals surface area contributed by atoms with E-state index in [-0.39, 0.29) is 38.3 Å². The van der Waals surface area contributed by atoms with Crippen molar-refractivity contribution < 1.29 is 59.5 Å². The van der Waals surface area contributed by atoms with Crippen LogP contribution in [0.15, 0.2) is 0 Å². The van der Waals surface area contributed by atoms with E-state index in [0.29, 0.717) is 19.5 Å². The molecule has 2 heterocycles. The number of ketones is 1. The predicted molar refractivity (Wildman–Crippen MR) is 155 cm³/mol. The van der Waals surface area contributed by atoms with Crippen LogP contribution in [0.2, 0.25) is 0 Å². The fraction of sp³-hybridized carbons (Fsp3) is 0.963. The Kier molecular flexibility index (Phi) is 12.7. The van der Waals surface area contributed by atoms with Gasteiger partial charge in [-0.05, 0) is 44.7 Å². The molecule has 2 saturated carbocycles. The van der Waals surface area contributed by atoms with Crippen LogP contribution in [-0.2, 0) is 23.7 Å². The van der Waals surface area contributed by atoms with E-state index in [9.17, 15) is 40.5 Å². The first kappa shape index (κ1) is 36.8. The van der Waals surface area contributed by atoms with E-state index in [1.54, 1.807) is 0 Å². The maximum atomic E-state index is 13.2. The molecule has 45 heavy (non-hydrogen) atoms. The molecule has 0 bridgehead atoms. The summed E-state index contributed by atoms with van der Waals surface area (Å²) in [6, 6.07) is -3.76. The average Bonchev–Trinajstić information content (AvgIpc) is 2.99. The number of ether oxygens (including phenoxy) is 4. The van der Waals surface area contributed by atoms with Crippen molar-refractivity contribution in [2.75, 3.05) is 26.2 Å². The van der Waals surface area contributed by atoms with Crippen LogP contribution in [0.3, 0.4) is 0 Å². The lowest BCUT2D eigenvalue weighted by molar-refractivity contribution is -0.323. The molecule has 15 atom stereocenters. The Balaban J connectivity index is 1.53. The Bertz CT molecular complexity index is 965. The fourth-order valence-electron chi connectivity index (χ4n) is 6.63. The summed E-state index contributed by atoms with van der Waals surface area (Å²) < 4.78 is 23.6. The Morgan fingerprint density at radius 3 is 2.11 bits per heavy atom. The molecule has 0 radical (unpaired) electrons. The zero-order chi connectivity index (χ0) is 33.2. The third kappa shape index (κ3) is 8.01. The van der Waals surface area contributed by atoms with Crippen molar-refractivity contribution in [3.8, 4) is 0 Å². The standard InChI is InChI=1S/C27H52N6O12/c28-2-1-3-33-8-13-19(37)20(38)17(32)25(42-13)45-24-12(30)4-10(5-15(35)27(41)6-11(29)7-27)23(22(24)40)44-26-21(39)16(31)18(36)14(9-34)43-26/h10-14,16-26,33-34,36-41H,1-9,28-32H2/t10-,11?,12-,13+,14+,16-,17+,18+,19+,20+,21+,22+,23-,24?,25+,26+,27?/m0/s1. The second kappa shape index (κ2) is 15.5. The van der Waals surface area contributed by atoms with Crippen LogP contribution in [-0.4, -0.2) is 165 Å². The highest BCUT2D eigenvalue weighted by atomic mass is 16.7. The van der Waals surface area contributed by atoms with Crippen molar-refractivity contribution in [1.29, 1.82) is 0 Å². The van der Waals surface area contributed by atoms with Gasteiger partial charge in [-0.2, -0.15) is 0 Å². The molecule has 4 rings (SSSR count). The van der Waals surface area contributed by atoms with Crippen molar-refractivity contribution in [1.82, 2.24) is 5.32 Å². The van der Waals surface area contributed by atoms with Crippen molar-refractivity contribution >= 4 is 5.78 Å². The molecular formula is C27H52N6O12. The minimum atomic E-state index is -1.63. The van der Waals surface area contributed by atoms with E-state index in [4.69, 9.17) is 47.6 Å². The Labute approximate surface area is 261 Å². The highest BCUT2D eigenvalue weighted by molar-refractivity contribution is 5.88. The molecule has 0 spiro atoms. The van der Waals surface area contributed by atoms with Crippen molar-refractivity contribution in [3.05, 3.63) is 0 Å². The number of aliphatic hydroxyl groups is 7. The third-order valence-electron chi connectivity index (χ3n) is 9.47. The molecule has 18 nitrogen and oxygen atoms in total. The first-order valence-corrected chi connectivity index (χ1v) is 15.5. The van der Waals surface area contributed by atoms with Crippen LogP contribution in [0, 0.1) is 5.92 Å². The Morgan fingerprint density at radius 1 is 0.844 bits per heavy atom. The number of rotatable bonds is 13. The van der Waals surface area contributed by atoms with E-state index in [0.717, 1.165) is 0 Å². The topological polar surface area (TPSA) is 338 Å². The SMILES string of the molecule is NCCCNC[C@H]1O[C@H](OC2[C@@H](N)C[C@@H](CC(=O)C3(O)CC(N)C3)[C@H](O[C@H]3O[C@H](CO)[C@@H](O)[C@H](N)[C@H]3O)[C@H]2O)[C@H](N)[C@@H](O)[C@@H]1O. The van der Waals surface area contributed by atoms with E-state index in [1.165, 1.54) is 0 Å². The van der Waals surface area contributed by atoms with Gasteiger partial charge in [0, 0.05) is 25.0 Å². The largest absolute Gasteiger partial charge is 0.394 e. The molecule has 18 N–H and O–H groups in total. The number of hydrogen-bond donors (Lipinski definition) is 13. The number of hydrogen-bond acceptors (Lipinski definition) is 18. The lowest BCUT2D eigenvalue weighted by Gasteiger charge is -2.49. The van der Waals surface area contributed by atoms with Gasteiger partial charge < -0.3 is 88.7 Å². The minimum absolute atomic E-state index is 0.0262. The monoisotopic (exact) mass is 652 g/mol. The second-order valence-corrected chi connectivity index (χ2v) is 12.9. The summed E-state index contributed by atoms with van der Waals surface area (Å²) in [5.74, 6) is -1.34. The van der Waals surface area contributed by atoms with Crippen LogP contribution in [0.5, 0.6) is 0 Å². The van der Waals surface area contributed by atoms with Gasteiger partial charge in [-0.3, -0.25) is 4.79 Å². The Hall–Kier alpha value is -1.01. The normalized spacial score (nSPS) is 49.0. The highest BCUT2D eigenvalue weighted by Gasteiger charge is 2.54. The minimum Gasteiger partial charge on any atom is -0.394 e. The van der Waals surface area contributed by atoms with Crippen LogP contribution < -0.4 is 34.0 Å². The summed E-state index contributed by atoms with van der Waals surface area (Å²) in [6.07, 6.45) is -14.4. The molecule has 0 amide bonds. The molecule has 0 aromatic rings. The molecule has 262 valence electrons. The van der Waals surface area contributed by atoms with Crippen molar-refractivity contribution in [3.63, 3.8) is 0 Å². The molecule has 18 heteroatoms. The number of Topliss-reactive ketones (excluding diaryl/α,β-unsaturated/α-hetero) is 1. The van der Waals surface area contributed by atoms with Gasteiger partial charge in [0.15, 0.2) is 18.4 Å². The summed E-state index contributed by atoms with van der Waals surface area (Å²) in [5, 5.41) is 77.3. The molecule has 2 saturated heterocycles. The smallest absolute Gasteiger partial charge is 0.186 e. The molecule has 4 aliphatic rings. The van der Waals surface area contributed by atoms with Gasteiger partial charge in [0.05, 0.1) is 24.8 Å². The van der Waals surface area contributed by atoms with Gasteiger partial charge in [0.1, 0.15) is 54.4 Å². The lowest BCUT2D eigenvalue weighted by atomic mass is 9.69. The number of nitrogens with one attached hydrogen (secondary N) is 1. The van der Waals surface area contributed by atoms with Crippen molar-refractivity contribution in [2.24, 2.45) is 34.6 Å². The molecule has 2 aliphatic heterocycles. The first-order valence-electron chi connectivity index (χ1n) is 15.5. The lowest BCUT2D eigenvalue weighted by Crippen LogP contribution is -2.68. The maximum absolute atomic E-state index is 13.2. The van der Waals surface area contributed by atoms with Gasteiger partial charge in [0.25, 0.3) is 0 Å². The molecular weight excluding hydrogens is 600 g/mol. The molecule has 0 aromatic carbocycles. The first-order chi connectivity index (χ1) is 21.2. The zero-order valence-electron chi connectivity index (χ0n) is 25.2. The predicted octanol–water partition coefficient (Wildman–Crippen LogP) is -7.25. The fourth-order valence-corrected chi connectivity index (χ4v) is 6.63. The molecule has 1 unspecified atom stereocenters. The quantitative estimate of drug-likeness (QED) is 0.0821. The number of carbonyl (C=O) groups is 1. The van der Waals surface area contributed by atoms with E-state index in [1.807, 2.05) is 0 Å². The molecule has 2 aliphatic carbocycles. The van der Waals surface area contributed by atoms with Gasteiger partial charge in [-0.1, -0.05) is 0 Å². The van der Waals surface area contributed by atoms with Crippen LogP contribution >= 0.6 is 0 Å². The summed E-state index contributed by atoms with van der Waals surface area (Å²) in [7, 11) is 0. The Morgan fingerprint density at radius 2 is 1.49 bits per heavy atom. The maximum Gasteiger partial charge on any atom is 0.186 e. The summed E-state index contributed by atoms with van der Waals surface area (Å²) in [6.45, 7) is 0.488. The summed E-state index contributed by atoms with van der Waals surface area (Å²) in [5.41, 5.74) is 28.2. The highest BCUT2D eigenvalue weighted by Crippen LogP contribution is 2.39. The van der Waals surface area contributed by atoms with Crippen LogP contribution in [0.25, 0.3) is 0 Å². The summed E-state index contributed by atoms with van der Waals surface area (Å²) >= 11 is 0. The van der Waals surface area contributed by atoms with Gasteiger partial charge in [0.2, 0.25) is 0 Å². The van der Waals surface area contributed by atoms with Crippen LogP contribution in [0.4, 0.5) is 0 Å². The zero-order valence-corrected chi connectivity index (χ0v) is 25.2. The van der Waals surface area contributed by atoms with E-state index in [2.05, 4.69) is 5.32 Å². The van der Waals surface area contributed by atoms with E-state index >= 15 is 0 Å². The summed E-state index contributed by atoms with van der Waals surface area (Å²) in [4.78, 5) is 13.2. The van der Waals surface area contributed by atoms with Gasteiger partial charge >= 0.3 is 0 Å². The molecule has 4 fully saturated rings. The molecule has 0 aromatic heterocycles. The van der Waals surface area contributed by atoms with Crippen molar-refractivity contribution in [2.45, 2.75) is 129 Å². The number of carbonyl (C=O) groups excluding carboxylic acids is 1. The average molecular weight is 653 g/mol. The second-order valence-electron chi connectivity index (χ2n) is 12.9. The van der Waals surface area contributed by atoms with E-state index < -0.39 is 110 Å². The van der Waals surface area contributed by atoms with Gasteiger partial charge in [-0.15, -0.1) is 0 Å².